The Kier molecular flexibility index (Phi) is 4.72. The Morgan fingerprint density at radius 2 is 1.76 bits per heavy atom. The van der Waals surface area contributed by atoms with Crippen LogP contribution < -0.4 is 4.90 Å². The summed E-state index contributed by atoms with van der Waals surface area (Å²) in [6, 6.07) is 8.28. The van der Waals surface area contributed by atoms with Crippen LogP contribution in [0.5, 0.6) is 0 Å². The number of hydrogen-bond acceptors (Lipinski definition) is 5. The number of ether oxygens (including phenoxy) is 1. The van der Waals surface area contributed by atoms with Crippen LogP contribution in [0, 0.1) is 6.92 Å². The molecule has 5 nitrogen and oxygen atoms in total. The normalized spacial score (nSPS) is 18.0. The second-order valence-electron chi connectivity index (χ2n) is 6.64. The highest BCUT2D eigenvalue weighted by atomic mass is 32.1. The lowest BCUT2D eigenvalue weighted by molar-refractivity contribution is 0.0306. The summed E-state index contributed by atoms with van der Waals surface area (Å²) in [5, 5.41) is 0.977. The Morgan fingerprint density at radius 1 is 1.08 bits per heavy atom. The highest BCUT2D eigenvalue weighted by Gasteiger charge is 2.27. The number of hydrogen-bond donors (Lipinski definition) is 0. The van der Waals surface area contributed by atoms with E-state index in [0.717, 1.165) is 34.4 Å². The third-order valence-corrected chi connectivity index (χ3v) is 5.91. The van der Waals surface area contributed by atoms with Crippen LogP contribution in [0.25, 0.3) is 11.3 Å². The van der Waals surface area contributed by atoms with Gasteiger partial charge in [-0.2, -0.15) is 0 Å². The highest BCUT2D eigenvalue weighted by Crippen LogP contribution is 2.35. The summed E-state index contributed by atoms with van der Waals surface area (Å²) in [6.45, 7) is 6.68. The van der Waals surface area contributed by atoms with Gasteiger partial charge in [0.25, 0.3) is 5.91 Å². The number of aryl methyl sites for hydroxylation is 1. The first-order chi connectivity index (χ1) is 12.2. The van der Waals surface area contributed by atoms with Gasteiger partial charge in [-0.05, 0) is 19.8 Å². The number of amides is 1. The van der Waals surface area contributed by atoms with Gasteiger partial charge in [0, 0.05) is 31.7 Å². The quantitative estimate of drug-likeness (QED) is 0.846. The first kappa shape index (κ1) is 16.5. The second-order valence-corrected chi connectivity index (χ2v) is 7.62. The minimum atomic E-state index is 0.0850. The fourth-order valence-electron chi connectivity index (χ4n) is 3.31. The number of nitrogens with zero attached hydrogens (tertiary/aromatic N) is 3. The topological polar surface area (TPSA) is 45.7 Å². The zero-order valence-electron chi connectivity index (χ0n) is 14.5. The molecule has 0 spiro atoms. The summed E-state index contributed by atoms with van der Waals surface area (Å²) in [5.74, 6) is 0.0850. The molecule has 0 radical (unpaired) electrons. The van der Waals surface area contributed by atoms with Gasteiger partial charge in [-0.25, -0.2) is 4.98 Å². The zero-order chi connectivity index (χ0) is 17.2. The van der Waals surface area contributed by atoms with Gasteiger partial charge in [-0.3, -0.25) is 4.79 Å². The van der Waals surface area contributed by atoms with Crippen molar-refractivity contribution in [3.8, 4) is 11.3 Å². The molecule has 1 aromatic carbocycles. The van der Waals surface area contributed by atoms with Gasteiger partial charge < -0.3 is 14.5 Å². The van der Waals surface area contributed by atoms with Crippen molar-refractivity contribution in [2.24, 2.45) is 0 Å². The largest absolute Gasteiger partial charge is 0.378 e. The summed E-state index contributed by atoms with van der Waals surface area (Å²) in [7, 11) is 0. The van der Waals surface area contributed by atoms with Crippen molar-refractivity contribution in [2.75, 3.05) is 44.3 Å². The Bertz CT molecular complexity index is 745. The number of thiazole rings is 1. The van der Waals surface area contributed by atoms with E-state index in [-0.39, 0.29) is 5.91 Å². The molecule has 0 unspecified atom stereocenters. The average Bonchev–Trinajstić information content (AvgIpc) is 3.32. The number of carbonyl (C=O) groups is 1. The molecular weight excluding hydrogens is 334 g/mol. The van der Waals surface area contributed by atoms with Gasteiger partial charge in [0.1, 0.15) is 4.88 Å². The lowest BCUT2D eigenvalue weighted by Gasteiger charge is -2.26. The maximum absolute atomic E-state index is 13.1. The Hall–Kier alpha value is -1.92. The third-order valence-electron chi connectivity index (χ3n) is 4.81. The molecule has 0 saturated carbocycles. The minimum Gasteiger partial charge on any atom is -0.378 e. The van der Waals surface area contributed by atoms with E-state index in [1.54, 1.807) is 11.3 Å². The number of benzene rings is 1. The highest BCUT2D eigenvalue weighted by molar-refractivity contribution is 7.18. The van der Waals surface area contributed by atoms with Gasteiger partial charge in [0.05, 0.1) is 18.9 Å². The van der Waals surface area contributed by atoms with Gasteiger partial charge in [-0.15, -0.1) is 0 Å². The van der Waals surface area contributed by atoms with E-state index >= 15 is 0 Å². The van der Waals surface area contributed by atoms with Crippen LogP contribution in [0.3, 0.4) is 0 Å². The Morgan fingerprint density at radius 3 is 2.44 bits per heavy atom. The lowest BCUT2D eigenvalue weighted by atomic mass is 10.1. The van der Waals surface area contributed by atoms with Crippen molar-refractivity contribution < 1.29 is 9.53 Å². The van der Waals surface area contributed by atoms with Crippen molar-refractivity contribution in [1.29, 1.82) is 0 Å². The summed E-state index contributed by atoms with van der Waals surface area (Å²) in [4.78, 5) is 22.9. The average molecular weight is 357 g/mol. The van der Waals surface area contributed by atoms with Gasteiger partial charge in [0.2, 0.25) is 0 Å². The molecule has 3 heterocycles. The molecule has 2 aliphatic heterocycles. The molecule has 2 aliphatic rings. The van der Waals surface area contributed by atoms with E-state index in [1.807, 2.05) is 4.90 Å². The molecule has 2 aromatic rings. The van der Waals surface area contributed by atoms with Crippen molar-refractivity contribution in [3.05, 3.63) is 34.7 Å². The number of anilines is 1. The number of morpholine rings is 1. The Balaban J connectivity index is 1.71. The monoisotopic (exact) mass is 357 g/mol. The summed E-state index contributed by atoms with van der Waals surface area (Å²) in [6.07, 6.45) is 2.40. The molecular formula is C19H23N3O2S. The van der Waals surface area contributed by atoms with E-state index < -0.39 is 0 Å². The molecule has 25 heavy (non-hydrogen) atoms. The van der Waals surface area contributed by atoms with E-state index in [0.29, 0.717) is 26.3 Å². The van der Waals surface area contributed by atoms with E-state index in [9.17, 15) is 4.79 Å². The predicted octanol–water partition coefficient (Wildman–Crippen LogP) is 3.19. The molecule has 132 valence electrons. The van der Waals surface area contributed by atoms with Crippen LogP contribution in [-0.4, -0.2) is 55.2 Å². The third kappa shape index (κ3) is 3.41. The summed E-state index contributed by atoms with van der Waals surface area (Å²) >= 11 is 1.54. The zero-order valence-corrected chi connectivity index (χ0v) is 15.3. The molecule has 4 rings (SSSR count). The van der Waals surface area contributed by atoms with Crippen LogP contribution in [0.15, 0.2) is 24.3 Å². The summed E-state index contributed by atoms with van der Waals surface area (Å²) < 4.78 is 5.39. The van der Waals surface area contributed by atoms with Crippen LogP contribution >= 0.6 is 11.3 Å². The van der Waals surface area contributed by atoms with Gasteiger partial charge >= 0.3 is 0 Å². The number of carbonyl (C=O) groups excluding carboxylic acids is 1. The summed E-state index contributed by atoms with van der Waals surface area (Å²) in [5.41, 5.74) is 3.05. The minimum absolute atomic E-state index is 0.0850. The molecule has 0 bridgehead atoms. The second kappa shape index (κ2) is 7.14. The van der Waals surface area contributed by atoms with Crippen LogP contribution in [0.1, 0.15) is 28.1 Å². The fourth-order valence-corrected chi connectivity index (χ4v) is 4.42. The lowest BCUT2D eigenvalue weighted by Crippen LogP contribution is -2.40. The van der Waals surface area contributed by atoms with Crippen molar-refractivity contribution >= 4 is 22.4 Å². The molecule has 1 amide bonds. The number of rotatable bonds is 3. The molecule has 0 aliphatic carbocycles. The smallest absolute Gasteiger partial charge is 0.266 e. The van der Waals surface area contributed by atoms with Crippen LogP contribution in [0.2, 0.25) is 0 Å². The van der Waals surface area contributed by atoms with Crippen LogP contribution in [0.4, 0.5) is 5.13 Å². The van der Waals surface area contributed by atoms with Crippen molar-refractivity contribution in [1.82, 2.24) is 9.88 Å². The molecule has 1 aromatic heterocycles. The first-order valence-corrected chi connectivity index (χ1v) is 9.74. The molecule has 2 fully saturated rings. The first-order valence-electron chi connectivity index (χ1n) is 8.92. The van der Waals surface area contributed by atoms with Crippen molar-refractivity contribution in [3.63, 3.8) is 0 Å². The van der Waals surface area contributed by atoms with E-state index in [2.05, 4.69) is 36.1 Å². The Labute approximate surface area is 152 Å². The fraction of sp³-hybridized carbons (Fsp3) is 0.474. The molecule has 2 saturated heterocycles. The van der Waals surface area contributed by atoms with Crippen molar-refractivity contribution in [2.45, 2.75) is 19.8 Å². The predicted molar refractivity (Wildman–Crippen MR) is 100 cm³/mol. The molecule has 0 N–H and O–H groups in total. The number of aromatic nitrogens is 1. The van der Waals surface area contributed by atoms with E-state index in [4.69, 9.17) is 9.72 Å². The van der Waals surface area contributed by atoms with Crippen LogP contribution in [-0.2, 0) is 4.74 Å². The maximum Gasteiger partial charge on any atom is 0.266 e. The van der Waals surface area contributed by atoms with E-state index in [1.165, 1.54) is 18.4 Å². The maximum atomic E-state index is 13.1. The van der Waals surface area contributed by atoms with Gasteiger partial charge in [0.15, 0.2) is 5.13 Å². The van der Waals surface area contributed by atoms with Gasteiger partial charge in [-0.1, -0.05) is 41.2 Å². The molecule has 6 heteroatoms. The standard InChI is InChI=1S/C19H23N3O2S/c1-14-4-6-15(7-5-14)16-17(18(23)21-10-12-24-13-11-21)25-19(20-16)22-8-2-3-9-22/h4-7H,2-3,8-13H2,1H3. The SMILES string of the molecule is Cc1ccc(-c2nc(N3CCCC3)sc2C(=O)N2CCOCC2)cc1. The molecule has 0 atom stereocenters.